The molecule has 9 aromatic rings. The Morgan fingerprint density at radius 2 is 1.00 bits per heavy atom. The molecule has 9 aromatic carbocycles. The monoisotopic (exact) mass is 988 g/mol. The van der Waals surface area contributed by atoms with Gasteiger partial charge in [-0.3, -0.25) is 0 Å². The van der Waals surface area contributed by atoms with Crippen molar-refractivity contribution >= 4 is 78.4 Å². The summed E-state index contributed by atoms with van der Waals surface area (Å²) in [7, 11) is 0. The molecule has 14 rings (SSSR count). The summed E-state index contributed by atoms with van der Waals surface area (Å²) in [5, 5.41) is 4.84. The Bertz CT molecular complexity index is 4090. The van der Waals surface area contributed by atoms with Gasteiger partial charge in [0.1, 0.15) is 0 Å². The Morgan fingerprint density at radius 1 is 0.532 bits per heavy atom. The second kappa shape index (κ2) is 18.3. The number of allylic oxidation sites excluding steroid dienone is 15. The molecule has 0 amide bonds. The first-order chi connectivity index (χ1) is 37.9. The van der Waals surface area contributed by atoms with Gasteiger partial charge in [0.25, 0.3) is 0 Å². The van der Waals surface area contributed by atoms with Crippen LogP contribution in [0, 0.1) is 0 Å². The summed E-state index contributed by atoms with van der Waals surface area (Å²) >= 11 is 0. The van der Waals surface area contributed by atoms with E-state index < -0.39 is 5.41 Å². The minimum absolute atomic E-state index is 0.247. The SMILES string of the molecule is C=C(/C=C\C1=C(C)C2(C(=C)/C(=C\C=C(/C)N3c4ccccc4N(c4cccc5ccccc45)c4ccccc43)C=C1)C1=CC=CCC1c1ccccc12)N1c2ccccc2N(c2cccc3ccccc23)c2ccccc21. The van der Waals surface area contributed by atoms with E-state index in [0.29, 0.717) is 0 Å². The third kappa shape index (κ3) is 7.06. The zero-order valence-corrected chi connectivity index (χ0v) is 43.3. The Labute approximate surface area is 451 Å². The smallest absolute Gasteiger partial charge is 0.0703 e. The fourth-order valence-electron chi connectivity index (χ4n) is 13.2. The van der Waals surface area contributed by atoms with Crippen molar-refractivity contribution in [2.24, 2.45) is 0 Å². The van der Waals surface area contributed by atoms with E-state index >= 15 is 0 Å². The van der Waals surface area contributed by atoms with Gasteiger partial charge in [0.05, 0.1) is 62.3 Å². The number of fused-ring (bicyclic) bond motifs is 11. The minimum Gasteiger partial charge on any atom is -0.310 e. The Kier molecular flexibility index (Phi) is 10.9. The van der Waals surface area contributed by atoms with Crippen molar-refractivity contribution < 1.29 is 0 Å². The van der Waals surface area contributed by atoms with E-state index in [2.05, 4.69) is 294 Å². The molecule has 0 bridgehead atoms. The summed E-state index contributed by atoms with van der Waals surface area (Å²) in [5.74, 6) is 0.247. The highest BCUT2D eigenvalue weighted by Crippen LogP contribution is 2.62. The van der Waals surface area contributed by atoms with Gasteiger partial charge in [0.15, 0.2) is 0 Å². The second-order valence-corrected chi connectivity index (χ2v) is 20.6. The highest BCUT2D eigenvalue weighted by Gasteiger charge is 2.52. The van der Waals surface area contributed by atoms with Crippen LogP contribution in [-0.2, 0) is 5.41 Å². The van der Waals surface area contributed by atoms with Crippen molar-refractivity contribution in [1.29, 1.82) is 0 Å². The first-order valence-corrected chi connectivity index (χ1v) is 26.8. The van der Waals surface area contributed by atoms with E-state index in [9.17, 15) is 0 Å². The predicted octanol–water partition coefficient (Wildman–Crippen LogP) is 19.8. The number of anilines is 10. The van der Waals surface area contributed by atoms with Crippen LogP contribution < -0.4 is 19.6 Å². The van der Waals surface area contributed by atoms with E-state index in [0.717, 1.165) is 91.4 Å². The lowest BCUT2D eigenvalue weighted by atomic mass is 9.64. The Morgan fingerprint density at radius 3 is 1.57 bits per heavy atom. The van der Waals surface area contributed by atoms with Gasteiger partial charge < -0.3 is 19.6 Å². The van der Waals surface area contributed by atoms with E-state index in [1.54, 1.807) is 0 Å². The molecular formula is C73H56N4. The molecule has 0 aromatic heterocycles. The summed E-state index contributed by atoms with van der Waals surface area (Å²) in [6.45, 7) is 14.6. The van der Waals surface area contributed by atoms with Crippen molar-refractivity contribution in [3.63, 3.8) is 0 Å². The van der Waals surface area contributed by atoms with Crippen LogP contribution in [0.3, 0.4) is 0 Å². The van der Waals surface area contributed by atoms with Crippen LogP contribution in [-0.4, -0.2) is 0 Å². The van der Waals surface area contributed by atoms with E-state index in [1.807, 2.05) is 0 Å². The molecule has 368 valence electrons. The highest BCUT2D eigenvalue weighted by molar-refractivity contribution is 6.07. The third-order valence-corrected chi connectivity index (χ3v) is 16.6. The summed E-state index contributed by atoms with van der Waals surface area (Å²) in [4.78, 5) is 9.57. The molecule has 0 fully saturated rings. The van der Waals surface area contributed by atoms with E-state index in [4.69, 9.17) is 13.2 Å². The maximum absolute atomic E-state index is 5.14. The zero-order chi connectivity index (χ0) is 51.8. The number of para-hydroxylation sites is 8. The number of hydrogen-bond acceptors (Lipinski definition) is 4. The van der Waals surface area contributed by atoms with Crippen LogP contribution in [0.5, 0.6) is 0 Å². The molecule has 2 heterocycles. The Hall–Kier alpha value is -9.64. The third-order valence-electron chi connectivity index (χ3n) is 16.6. The molecule has 4 heteroatoms. The van der Waals surface area contributed by atoms with Crippen molar-refractivity contribution in [2.45, 2.75) is 31.6 Å². The molecule has 0 N–H and O–H groups in total. The lowest BCUT2D eigenvalue weighted by Crippen LogP contribution is -2.31. The molecule has 2 aliphatic heterocycles. The van der Waals surface area contributed by atoms with Crippen LogP contribution in [0.1, 0.15) is 37.3 Å². The van der Waals surface area contributed by atoms with E-state index in [1.165, 1.54) is 43.8 Å². The van der Waals surface area contributed by atoms with Crippen molar-refractivity contribution in [1.82, 2.24) is 0 Å². The molecule has 2 unspecified atom stereocenters. The molecule has 1 spiro atoms. The van der Waals surface area contributed by atoms with Crippen molar-refractivity contribution in [2.75, 3.05) is 19.6 Å². The predicted molar refractivity (Wildman–Crippen MR) is 325 cm³/mol. The van der Waals surface area contributed by atoms with Crippen LogP contribution in [0.4, 0.5) is 56.9 Å². The fraction of sp³-hybridized carbons (Fsp3) is 0.0685. The maximum atomic E-state index is 5.14. The lowest BCUT2D eigenvalue weighted by Gasteiger charge is -2.41. The average molecular weight is 989 g/mol. The molecule has 5 aliphatic rings. The summed E-state index contributed by atoms with van der Waals surface area (Å²) in [6, 6.07) is 74.5. The quantitative estimate of drug-likeness (QED) is 0.148. The van der Waals surface area contributed by atoms with Gasteiger partial charge in [-0.2, -0.15) is 0 Å². The normalized spacial score (nSPS) is 18.9. The standard InChI is InChI=1S/C73H56N4/c1-49(74-65-33-13-17-37-69(65)76(70-38-18-14-34-66(70)74)63-41-21-25-55-23-5-7-27-57(55)63)43-45-53-47-48-54(52(4)73(51(53)3)61-31-11-9-29-59(61)60-30-10-12-32-62(60)73)46-44-50(2)75-67-35-15-19-39-71(67)77(72-40-20-16-36-68(72)75)64-42-22-26-56-24-6-8-28-58(56)64/h5-29,31-48,60H,1,4,30H2,2-3H3/b45-43-,50-44+,54-46-. The topological polar surface area (TPSA) is 13.0 Å². The fourth-order valence-corrected chi connectivity index (χ4v) is 13.2. The van der Waals surface area contributed by atoms with Gasteiger partial charge in [-0.15, -0.1) is 0 Å². The van der Waals surface area contributed by atoms with Gasteiger partial charge in [-0.1, -0.05) is 201 Å². The van der Waals surface area contributed by atoms with Crippen molar-refractivity contribution in [3.05, 3.63) is 324 Å². The molecule has 77 heavy (non-hydrogen) atoms. The number of rotatable bonds is 7. The first kappa shape index (κ1) is 45.9. The number of hydrogen-bond donors (Lipinski definition) is 0. The summed E-state index contributed by atoms with van der Waals surface area (Å²) < 4.78 is 0. The second-order valence-electron chi connectivity index (χ2n) is 20.6. The number of benzene rings is 9. The minimum atomic E-state index is -0.587. The zero-order valence-electron chi connectivity index (χ0n) is 43.3. The Balaban J connectivity index is 0.879. The molecule has 2 atom stereocenters. The van der Waals surface area contributed by atoms with Crippen LogP contribution >= 0.6 is 0 Å². The average Bonchev–Trinajstić information content (AvgIpc) is 3.97. The molecular weight excluding hydrogens is 933 g/mol. The van der Waals surface area contributed by atoms with Crippen LogP contribution in [0.15, 0.2) is 313 Å². The van der Waals surface area contributed by atoms with Gasteiger partial charge in [0, 0.05) is 28.1 Å². The molecule has 0 radical (unpaired) electrons. The van der Waals surface area contributed by atoms with Gasteiger partial charge >= 0.3 is 0 Å². The maximum Gasteiger partial charge on any atom is 0.0703 e. The molecule has 3 aliphatic carbocycles. The first-order valence-electron chi connectivity index (χ1n) is 26.8. The van der Waals surface area contributed by atoms with Gasteiger partial charge in [0.2, 0.25) is 0 Å². The number of nitrogens with zero attached hydrogens (tertiary/aromatic N) is 4. The highest BCUT2D eigenvalue weighted by atomic mass is 15.3. The summed E-state index contributed by atoms with van der Waals surface area (Å²) in [6.07, 6.45) is 21.6. The summed E-state index contributed by atoms with van der Waals surface area (Å²) in [5.41, 5.74) is 21.1. The van der Waals surface area contributed by atoms with Crippen LogP contribution in [0.25, 0.3) is 21.5 Å². The lowest BCUT2D eigenvalue weighted by molar-refractivity contribution is 0.675. The molecule has 0 saturated carbocycles. The molecule has 0 saturated heterocycles. The van der Waals surface area contributed by atoms with Crippen LogP contribution in [0.2, 0.25) is 0 Å². The van der Waals surface area contributed by atoms with Crippen molar-refractivity contribution in [3.8, 4) is 0 Å². The largest absolute Gasteiger partial charge is 0.310 e. The molecule has 4 nitrogen and oxygen atoms in total. The van der Waals surface area contributed by atoms with Gasteiger partial charge in [-0.05, 0) is 143 Å². The van der Waals surface area contributed by atoms with Gasteiger partial charge in [-0.25, -0.2) is 0 Å². The van der Waals surface area contributed by atoms with E-state index in [-0.39, 0.29) is 5.92 Å².